The van der Waals surface area contributed by atoms with E-state index in [4.69, 9.17) is 9.47 Å². The largest absolute Gasteiger partial charge is 0.443 e. The third kappa shape index (κ3) is 8.20. The van der Waals surface area contributed by atoms with Gasteiger partial charge in [-0.3, -0.25) is 5.43 Å². The van der Waals surface area contributed by atoms with Crippen LogP contribution in [0, 0.1) is 0 Å². The summed E-state index contributed by atoms with van der Waals surface area (Å²) >= 11 is 0. The van der Waals surface area contributed by atoms with Gasteiger partial charge in [0.15, 0.2) is 0 Å². The maximum Gasteiger partial charge on any atom is 0.422 e. The van der Waals surface area contributed by atoms with Crippen molar-refractivity contribution >= 4 is 6.09 Å². The van der Waals surface area contributed by atoms with Gasteiger partial charge in [-0.15, -0.1) is 0 Å². The fourth-order valence-electron chi connectivity index (χ4n) is 0.705. The third-order valence-corrected chi connectivity index (χ3v) is 1.66. The highest BCUT2D eigenvalue weighted by Crippen LogP contribution is 2.06. The lowest BCUT2D eigenvalue weighted by molar-refractivity contribution is 0.0165. The summed E-state index contributed by atoms with van der Waals surface area (Å²) in [6, 6.07) is 0. The number of amides is 1. The van der Waals surface area contributed by atoms with Crippen LogP contribution in [0.5, 0.6) is 0 Å². The zero-order valence-electron chi connectivity index (χ0n) is 10.4. The maximum absolute atomic E-state index is 11.2. The van der Waals surface area contributed by atoms with Crippen LogP contribution in [-0.2, 0) is 9.47 Å². The molecule has 0 aliphatic heterocycles. The van der Waals surface area contributed by atoms with Crippen LogP contribution in [-0.4, -0.2) is 30.9 Å². The monoisotopic (exact) mass is 218 g/mol. The van der Waals surface area contributed by atoms with Crippen molar-refractivity contribution in [2.75, 3.05) is 13.7 Å². The number of hydrogen-bond donors (Lipinski definition) is 2. The Balaban J connectivity index is 3.74. The van der Waals surface area contributed by atoms with E-state index in [1.807, 2.05) is 34.6 Å². The third-order valence-electron chi connectivity index (χ3n) is 1.66. The molecule has 0 rings (SSSR count). The van der Waals surface area contributed by atoms with Gasteiger partial charge in [0, 0.05) is 13.7 Å². The van der Waals surface area contributed by atoms with Gasteiger partial charge in [0.1, 0.15) is 5.60 Å². The fraction of sp³-hybridized carbons (Fsp3) is 0.900. The second-order valence-electron chi connectivity index (χ2n) is 4.94. The van der Waals surface area contributed by atoms with Crippen LogP contribution in [0.15, 0.2) is 0 Å². The molecule has 0 saturated heterocycles. The standard InChI is InChI=1S/C10H22N2O3/c1-9(2,3)15-8(13)12-11-7-10(4,5)14-6/h11H,7H2,1-6H3,(H,12,13). The summed E-state index contributed by atoms with van der Waals surface area (Å²) in [5.41, 5.74) is 4.38. The molecule has 5 nitrogen and oxygen atoms in total. The Labute approximate surface area is 91.5 Å². The first-order chi connectivity index (χ1) is 6.66. The molecule has 0 unspecified atom stereocenters. The number of carbonyl (C=O) groups excluding carboxylic acids is 1. The smallest absolute Gasteiger partial charge is 0.422 e. The van der Waals surface area contributed by atoms with Crippen LogP contribution >= 0.6 is 0 Å². The second-order valence-corrected chi connectivity index (χ2v) is 4.94. The van der Waals surface area contributed by atoms with E-state index in [1.165, 1.54) is 0 Å². The Morgan fingerprint density at radius 3 is 2.13 bits per heavy atom. The number of carbonyl (C=O) groups is 1. The van der Waals surface area contributed by atoms with Gasteiger partial charge in [-0.05, 0) is 34.6 Å². The molecular weight excluding hydrogens is 196 g/mol. The van der Waals surface area contributed by atoms with E-state index >= 15 is 0 Å². The van der Waals surface area contributed by atoms with E-state index in [-0.39, 0.29) is 5.60 Å². The van der Waals surface area contributed by atoms with Crippen molar-refractivity contribution in [3.05, 3.63) is 0 Å². The summed E-state index contributed by atoms with van der Waals surface area (Å²) in [5, 5.41) is 0. The van der Waals surface area contributed by atoms with Gasteiger partial charge in [-0.1, -0.05) is 0 Å². The fourth-order valence-corrected chi connectivity index (χ4v) is 0.705. The molecule has 1 amide bonds. The highest BCUT2D eigenvalue weighted by molar-refractivity contribution is 5.66. The first-order valence-corrected chi connectivity index (χ1v) is 4.93. The molecule has 0 spiro atoms. The Morgan fingerprint density at radius 2 is 1.73 bits per heavy atom. The summed E-state index contributed by atoms with van der Waals surface area (Å²) in [6.07, 6.45) is -0.491. The quantitative estimate of drug-likeness (QED) is 0.701. The molecule has 0 radical (unpaired) electrons. The number of nitrogens with one attached hydrogen (secondary N) is 2. The van der Waals surface area contributed by atoms with E-state index < -0.39 is 11.7 Å². The summed E-state index contributed by atoms with van der Waals surface area (Å²) in [7, 11) is 1.62. The predicted octanol–water partition coefficient (Wildman–Crippen LogP) is 1.44. The van der Waals surface area contributed by atoms with Gasteiger partial charge in [-0.25, -0.2) is 10.2 Å². The average Bonchev–Trinajstić information content (AvgIpc) is 2.00. The molecule has 0 aliphatic rings. The maximum atomic E-state index is 11.2. The van der Waals surface area contributed by atoms with E-state index in [1.54, 1.807) is 7.11 Å². The van der Waals surface area contributed by atoms with E-state index in [0.717, 1.165) is 0 Å². The molecule has 0 aromatic heterocycles. The summed E-state index contributed by atoms with van der Waals surface area (Å²) in [5.74, 6) is 0. The average molecular weight is 218 g/mol. The Bertz CT molecular complexity index is 209. The van der Waals surface area contributed by atoms with Gasteiger partial charge in [-0.2, -0.15) is 0 Å². The number of hydrogen-bond acceptors (Lipinski definition) is 4. The van der Waals surface area contributed by atoms with Crippen molar-refractivity contribution in [3.63, 3.8) is 0 Å². The number of ether oxygens (including phenoxy) is 2. The van der Waals surface area contributed by atoms with Gasteiger partial charge >= 0.3 is 6.09 Å². The zero-order valence-corrected chi connectivity index (χ0v) is 10.4. The Hall–Kier alpha value is -0.810. The normalized spacial score (nSPS) is 12.4. The lowest BCUT2D eigenvalue weighted by Crippen LogP contribution is -2.47. The first kappa shape index (κ1) is 14.2. The van der Waals surface area contributed by atoms with E-state index in [2.05, 4.69) is 10.9 Å². The van der Waals surface area contributed by atoms with Gasteiger partial charge < -0.3 is 9.47 Å². The summed E-state index contributed by atoms with van der Waals surface area (Å²) in [6.45, 7) is 9.76. The molecule has 0 heterocycles. The zero-order chi connectivity index (χ0) is 12.1. The highest BCUT2D eigenvalue weighted by atomic mass is 16.6. The number of hydrazine groups is 1. The van der Waals surface area contributed by atoms with E-state index in [9.17, 15) is 4.79 Å². The van der Waals surface area contributed by atoms with Crippen LogP contribution in [0.25, 0.3) is 0 Å². The van der Waals surface area contributed by atoms with Crippen molar-refractivity contribution in [1.82, 2.24) is 10.9 Å². The minimum absolute atomic E-state index is 0.324. The molecule has 90 valence electrons. The highest BCUT2D eigenvalue weighted by Gasteiger charge is 2.18. The molecule has 0 bridgehead atoms. The van der Waals surface area contributed by atoms with Crippen LogP contribution < -0.4 is 10.9 Å². The van der Waals surface area contributed by atoms with Crippen molar-refractivity contribution in [1.29, 1.82) is 0 Å². The van der Waals surface area contributed by atoms with Crippen molar-refractivity contribution in [3.8, 4) is 0 Å². The molecule has 0 fully saturated rings. The second kappa shape index (κ2) is 5.32. The predicted molar refractivity (Wildman–Crippen MR) is 58.5 cm³/mol. The van der Waals surface area contributed by atoms with Gasteiger partial charge in [0.05, 0.1) is 5.60 Å². The van der Waals surface area contributed by atoms with Crippen LogP contribution in [0.1, 0.15) is 34.6 Å². The summed E-state index contributed by atoms with van der Waals surface area (Å²) in [4.78, 5) is 11.2. The van der Waals surface area contributed by atoms with Crippen molar-refractivity contribution < 1.29 is 14.3 Å². The Morgan fingerprint density at radius 1 is 1.20 bits per heavy atom. The minimum Gasteiger partial charge on any atom is -0.443 e. The molecular formula is C10H22N2O3. The molecule has 0 atom stereocenters. The van der Waals surface area contributed by atoms with Crippen molar-refractivity contribution in [2.24, 2.45) is 0 Å². The molecule has 0 saturated carbocycles. The molecule has 5 heteroatoms. The number of methoxy groups -OCH3 is 1. The van der Waals surface area contributed by atoms with E-state index in [0.29, 0.717) is 6.54 Å². The molecule has 0 aromatic rings. The SMILES string of the molecule is COC(C)(C)CNNC(=O)OC(C)(C)C. The first-order valence-electron chi connectivity index (χ1n) is 4.93. The van der Waals surface area contributed by atoms with Crippen LogP contribution in [0.3, 0.4) is 0 Å². The number of rotatable bonds is 4. The van der Waals surface area contributed by atoms with Crippen LogP contribution in [0.2, 0.25) is 0 Å². The molecule has 15 heavy (non-hydrogen) atoms. The van der Waals surface area contributed by atoms with Gasteiger partial charge in [0.2, 0.25) is 0 Å². The topological polar surface area (TPSA) is 59.6 Å². The van der Waals surface area contributed by atoms with Gasteiger partial charge in [0.25, 0.3) is 0 Å². The molecule has 2 N–H and O–H groups in total. The van der Waals surface area contributed by atoms with Crippen LogP contribution in [0.4, 0.5) is 4.79 Å². The molecule has 0 aromatic carbocycles. The Kier molecular flexibility index (Phi) is 5.03. The minimum atomic E-state index is -0.491. The van der Waals surface area contributed by atoms with Crippen molar-refractivity contribution in [2.45, 2.75) is 45.8 Å². The molecule has 0 aliphatic carbocycles. The lowest BCUT2D eigenvalue weighted by atomic mass is 10.1. The lowest BCUT2D eigenvalue weighted by Gasteiger charge is -2.24. The summed E-state index contributed by atoms with van der Waals surface area (Å²) < 4.78 is 10.2.